The first kappa shape index (κ1) is 13.6. The predicted molar refractivity (Wildman–Crippen MR) is 67.3 cm³/mol. The average molecular weight is 236 g/mol. The van der Waals surface area contributed by atoms with Crippen molar-refractivity contribution in [2.45, 2.75) is 32.6 Å². The summed E-state index contributed by atoms with van der Waals surface area (Å²) in [5, 5.41) is 9.08. The Morgan fingerprint density at radius 3 is 2.65 bits per heavy atom. The summed E-state index contributed by atoms with van der Waals surface area (Å²) in [4.78, 5) is 11.0. The topological polar surface area (TPSA) is 46.5 Å². The Kier molecular flexibility index (Phi) is 5.53. The summed E-state index contributed by atoms with van der Waals surface area (Å²) in [6.45, 7) is 2.01. The van der Waals surface area contributed by atoms with Gasteiger partial charge in [0.15, 0.2) is 0 Å². The standard InChI is InChI=1S/C14H20O3/c1-3-6-12(14(15)16)10-9-11-7-4-5-8-13(11)17-2/h4-5,7-8,12H,3,6,9-10H2,1-2H3,(H,15,16). The molecule has 1 atom stereocenters. The molecule has 3 nitrogen and oxygen atoms in total. The van der Waals surface area contributed by atoms with Crippen LogP contribution in [0.25, 0.3) is 0 Å². The predicted octanol–water partition coefficient (Wildman–Crippen LogP) is 3.13. The van der Waals surface area contributed by atoms with Gasteiger partial charge in [-0.2, -0.15) is 0 Å². The van der Waals surface area contributed by atoms with Crippen molar-refractivity contribution in [2.75, 3.05) is 7.11 Å². The molecule has 0 amide bonds. The Labute approximate surface area is 102 Å². The third-order valence-corrected chi connectivity index (χ3v) is 2.94. The van der Waals surface area contributed by atoms with Gasteiger partial charge < -0.3 is 9.84 Å². The number of rotatable bonds is 7. The van der Waals surface area contributed by atoms with Gasteiger partial charge in [0.1, 0.15) is 5.75 Å². The number of carboxylic acid groups (broad SMARTS) is 1. The van der Waals surface area contributed by atoms with Crippen molar-refractivity contribution in [1.29, 1.82) is 0 Å². The van der Waals surface area contributed by atoms with E-state index in [9.17, 15) is 4.79 Å². The van der Waals surface area contributed by atoms with Gasteiger partial charge in [0.05, 0.1) is 13.0 Å². The number of carboxylic acids is 1. The molecule has 1 N–H and O–H groups in total. The van der Waals surface area contributed by atoms with Gasteiger partial charge in [-0.25, -0.2) is 0 Å². The first-order valence-corrected chi connectivity index (χ1v) is 6.03. The molecule has 1 aromatic carbocycles. The molecule has 1 unspecified atom stereocenters. The minimum atomic E-state index is -0.693. The fourth-order valence-corrected chi connectivity index (χ4v) is 1.98. The molecular formula is C14H20O3. The minimum absolute atomic E-state index is 0.245. The van der Waals surface area contributed by atoms with Crippen LogP contribution < -0.4 is 4.74 Å². The highest BCUT2D eigenvalue weighted by Crippen LogP contribution is 2.22. The number of aliphatic carboxylic acids is 1. The van der Waals surface area contributed by atoms with Gasteiger partial charge in [0.2, 0.25) is 0 Å². The molecule has 17 heavy (non-hydrogen) atoms. The maximum Gasteiger partial charge on any atom is 0.306 e. The van der Waals surface area contributed by atoms with Crippen molar-refractivity contribution in [2.24, 2.45) is 5.92 Å². The second-order valence-corrected chi connectivity index (χ2v) is 4.17. The SMILES string of the molecule is CCCC(CCc1ccccc1OC)C(=O)O. The maximum atomic E-state index is 11.0. The molecule has 0 saturated carbocycles. The largest absolute Gasteiger partial charge is 0.496 e. The summed E-state index contributed by atoms with van der Waals surface area (Å²) in [7, 11) is 1.64. The van der Waals surface area contributed by atoms with E-state index in [1.165, 1.54) is 0 Å². The average Bonchev–Trinajstić information content (AvgIpc) is 2.34. The van der Waals surface area contributed by atoms with E-state index < -0.39 is 5.97 Å². The Morgan fingerprint density at radius 2 is 2.06 bits per heavy atom. The molecule has 0 bridgehead atoms. The molecule has 3 heteroatoms. The van der Waals surface area contributed by atoms with E-state index in [0.29, 0.717) is 6.42 Å². The number of ether oxygens (including phenoxy) is 1. The Morgan fingerprint density at radius 1 is 1.35 bits per heavy atom. The maximum absolute atomic E-state index is 11.0. The number of hydrogen-bond acceptors (Lipinski definition) is 2. The molecule has 0 spiro atoms. The van der Waals surface area contributed by atoms with Crippen LogP contribution in [0.5, 0.6) is 5.75 Å². The Balaban J connectivity index is 2.61. The van der Waals surface area contributed by atoms with E-state index in [4.69, 9.17) is 9.84 Å². The molecule has 0 radical (unpaired) electrons. The van der Waals surface area contributed by atoms with Crippen molar-refractivity contribution in [3.8, 4) is 5.75 Å². The molecule has 0 aromatic heterocycles. The first-order valence-electron chi connectivity index (χ1n) is 6.03. The van der Waals surface area contributed by atoms with Crippen molar-refractivity contribution in [1.82, 2.24) is 0 Å². The van der Waals surface area contributed by atoms with Crippen LogP contribution in [0.2, 0.25) is 0 Å². The fraction of sp³-hybridized carbons (Fsp3) is 0.500. The van der Waals surface area contributed by atoms with Gasteiger partial charge >= 0.3 is 5.97 Å². The van der Waals surface area contributed by atoms with Crippen molar-refractivity contribution in [3.63, 3.8) is 0 Å². The summed E-state index contributed by atoms with van der Waals surface area (Å²) >= 11 is 0. The van der Waals surface area contributed by atoms with E-state index >= 15 is 0 Å². The lowest BCUT2D eigenvalue weighted by Crippen LogP contribution is -2.14. The zero-order chi connectivity index (χ0) is 12.7. The lowest BCUT2D eigenvalue weighted by molar-refractivity contribution is -0.142. The van der Waals surface area contributed by atoms with Crippen LogP contribution in [0.15, 0.2) is 24.3 Å². The summed E-state index contributed by atoms with van der Waals surface area (Å²) in [5.74, 6) is -0.0974. The first-order chi connectivity index (χ1) is 8.19. The molecule has 0 fully saturated rings. The highest BCUT2D eigenvalue weighted by atomic mass is 16.5. The second kappa shape index (κ2) is 6.94. The lowest BCUT2D eigenvalue weighted by atomic mass is 9.95. The van der Waals surface area contributed by atoms with E-state index in [0.717, 1.165) is 30.6 Å². The summed E-state index contributed by atoms with van der Waals surface area (Å²) in [6.07, 6.45) is 3.07. The van der Waals surface area contributed by atoms with Crippen LogP contribution in [0, 0.1) is 5.92 Å². The van der Waals surface area contributed by atoms with Gasteiger partial charge in [-0.1, -0.05) is 31.5 Å². The van der Waals surface area contributed by atoms with Gasteiger partial charge in [0, 0.05) is 0 Å². The number of para-hydroxylation sites is 1. The van der Waals surface area contributed by atoms with Crippen molar-refractivity contribution in [3.05, 3.63) is 29.8 Å². The molecular weight excluding hydrogens is 216 g/mol. The minimum Gasteiger partial charge on any atom is -0.496 e. The van der Waals surface area contributed by atoms with Gasteiger partial charge in [-0.05, 0) is 30.9 Å². The summed E-state index contributed by atoms with van der Waals surface area (Å²) in [6, 6.07) is 7.77. The number of aryl methyl sites for hydroxylation is 1. The molecule has 0 aliphatic rings. The number of benzene rings is 1. The number of hydrogen-bond donors (Lipinski definition) is 1. The summed E-state index contributed by atoms with van der Waals surface area (Å²) in [5.41, 5.74) is 1.08. The third-order valence-electron chi connectivity index (χ3n) is 2.94. The van der Waals surface area contributed by atoms with E-state index in [1.807, 2.05) is 31.2 Å². The molecule has 0 aliphatic heterocycles. The number of carbonyl (C=O) groups is 1. The van der Waals surface area contributed by atoms with Crippen LogP contribution in [0.1, 0.15) is 31.7 Å². The monoisotopic (exact) mass is 236 g/mol. The molecule has 0 heterocycles. The zero-order valence-corrected chi connectivity index (χ0v) is 10.5. The van der Waals surface area contributed by atoms with E-state index in [2.05, 4.69) is 0 Å². The quantitative estimate of drug-likeness (QED) is 0.791. The van der Waals surface area contributed by atoms with E-state index in [1.54, 1.807) is 7.11 Å². The highest BCUT2D eigenvalue weighted by Gasteiger charge is 2.16. The van der Waals surface area contributed by atoms with Gasteiger partial charge in [0.25, 0.3) is 0 Å². The van der Waals surface area contributed by atoms with Crippen LogP contribution in [-0.4, -0.2) is 18.2 Å². The lowest BCUT2D eigenvalue weighted by Gasteiger charge is -2.12. The van der Waals surface area contributed by atoms with Crippen LogP contribution >= 0.6 is 0 Å². The van der Waals surface area contributed by atoms with Gasteiger partial charge in [-0.3, -0.25) is 4.79 Å². The van der Waals surface area contributed by atoms with Crippen molar-refractivity contribution >= 4 is 5.97 Å². The zero-order valence-electron chi connectivity index (χ0n) is 10.5. The van der Waals surface area contributed by atoms with Gasteiger partial charge in [-0.15, -0.1) is 0 Å². The molecule has 1 aromatic rings. The molecule has 94 valence electrons. The fourth-order valence-electron chi connectivity index (χ4n) is 1.98. The molecule has 1 rings (SSSR count). The number of methoxy groups -OCH3 is 1. The van der Waals surface area contributed by atoms with E-state index in [-0.39, 0.29) is 5.92 Å². The normalized spacial score (nSPS) is 12.1. The summed E-state index contributed by atoms with van der Waals surface area (Å²) < 4.78 is 5.25. The van der Waals surface area contributed by atoms with Crippen LogP contribution in [-0.2, 0) is 11.2 Å². The third kappa shape index (κ3) is 4.10. The smallest absolute Gasteiger partial charge is 0.306 e. The molecule has 0 aliphatic carbocycles. The van der Waals surface area contributed by atoms with Crippen molar-refractivity contribution < 1.29 is 14.6 Å². The van der Waals surface area contributed by atoms with Crippen LogP contribution in [0.4, 0.5) is 0 Å². The molecule has 0 saturated heterocycles. The second-order valence-electron chi connectivity index (χ2n) is 4.17. The highest BCUT2D eigenvalue weighted by molar-refractivity contribution is 5.69. The Hall–Kier alpha value is -1.51. The Bertz CT molecular complexity index is 360. The van der Waals surface area contributed by atoms with Crippen LogP contribution in [0.3, 0.4) is 0 Å².